The van der Waals surface area contributed by atoms with Crippen LogP contribution < -0.4 is 4.74 Å². The highest BCUT2D eigenvalue weighted by atomic mass is 19.1. The maximum absolute atomic E-state index is 13.1. The topological polar surface area (TPSA) is 76.2 Å². The second-order valence-electron chi connectivity index (χ2n) is 3.61. The van der Waals surface area contributed by atoms with Gasteiger partial charge in [-0.2, -0.15) is 5.26 Å². The zero-order chi connectivity index (χ0) is 13.8. The van der Waals surface area contributed by atoms with Crippen LogP contribution in [0.3, 0.4) is 0 Å². The van der Waals surface area contributed by atoms with Crippen molar-refractivity contribution in [3.05, 3.63) is 64.0 Å². The molecule has 0 aromatic heterocycles. The third-order valence-corrected chi connectivity index (χ3v) is 2.31. The number of nitrogens with zero attached hydrogens (tertiary/aromatic N) is 2. The van der Waals surface area contributed by atoms with Crippen LogP contribution in [0.2, 0.25) is 0 Å². The van der Waals surface area contributed by atoms with Gasteiger partial charge in [0.2, 0.25) is 5.75 Å². The predicted octanol–water partition coefficient (Wildman–Crippen LogP) is 3.40. The van der Waals surface area contributed by atoms with Gasteiger partial charge in [0.25, 0.3) is 0 Å². The molecule has 0 heterocycles. The Morgan fingerprint density at radius 3 is 2.74 bits per heavy atom. The molecule has 5 nitrogen and oxygen atoms in total. The molecule has 0 spiro atoms. The molecular weight excluding hydrogens is 251 g/mol. The fraction of sp³-hybridized carbons (Fsp3) is 0. The Labute approximate surface area is 107 Å². The Balaban J connectivity index is 2.40. The summed E-state index contributed by atoms with van der Waals surface area (Å²) in [6, 6.07) is 10.9. The zero-order valence-corrected chi connectivity index (χ0v) is 9.54. The van der Waals surface area contributed by atoms with Gasteiger partial charge in [-0.15, -0.1) is 0 Å². The zero-order valence-electron chi connectivity index (χ0n) is 9.54. The summed E-state index contributed by atoms with van der Waals surface area (Å²) in [6.45, 7) is 0. The first-order valence-corrected chi connectivity index (χ1v) is 5.22. The average Bonchev–Trinajstić information content (AvgIpc) is 2.38. The van der Waals surface area contributed by atoms with Gasteiger partial charge >= 0.3 is 5.69 Å². The molecule has 0 aliphatic rings. The standard InChI is InChI=1S/C13H7FN2O3/c14-10-4-5-12(16(17)18)13(7-10)19-11-3-1-2-9(6-11)8-15/h1-7H. The monoisotopic (exact) mass is 258 g/mol. The molecule has 0 aliphatic carbocycles. The van der Waals surface area contributed by atoms with Crippen LogP contribution in [0.4, 0.5) is 10.1 Å². The van der Waals surface area contributed by atoms with Crippen molar-refractivity contribution >= 4 is 5.69 Å². The molecule has 0 atom stereocenters. The van der Waals surface area contributed by atoms with Crippen LogP contribution >= 0.6 is 0 Å². The van der Waals surface area contributed by atoms with Crippen molar-refractivity contribution in [3.63, 3.8) is 0 Å². The summed E-state index contributed by atoms with van der Waals surface area (Å²) in [5.74, 6) is -0.620. The summed E-state index contributed by atoms with van der Waals surface area (Å²) < 4.78 is 18.4. The van der Waals surface area contributed by atoms with Gasteiger partial charge in [-0.25, -0.2) is 4.39 Å². The third kappa shape index (κ3) is 2.84. The van der Waals surface area contributed by atoms with Crippen molar-refractivity contribution in [2.45, 2.75) is 0 Å². The summed E-state index contributed by atoms with van der Waals surface area (Å²) in [5.41, 5.74) is 0.000293. The van der Waals surface area contributed by atoms with Gasteiger partial charge in [-0.3, -0.25) is 10.1 Å². The van der Waals surface area contributed by atoms with Crippen LogP contribution in [-0.2, 0) is 0 Å². The summed E-state index contributed by atoms with van der Waals surface area (Å²) in [4.78, 5) is 10.1. The first-order chi connectivity index (χ1) is 9.10. The second-order valence-corrected chi connectivity index (χ2v) is 3.61. The first-order valence-electron chi connectivity index (χ1n) is 5.22. The van der Waals surface area contributed by atoms with E-state index in [2.05, 4.69) is 0 Å². The van der Waals surface area contributed by atoms with Crippen LogP contribution in [-0.4, -0.2) is 4.92 Å². The molecule has 0 fully saturated rings. The highest BCUT2D eigenvalue weighted by Gasteiger charge is 2.16. The summed E-state index contributed by atoms with van der Waals surface area (Å²) in [7, 11) is 0. The Hall–Kier alpha value is -2.94. The van der Waals surface area contributed by atoms with Crippen molar-refractivity contribution in [3.8, 4) is 17.6 Å². The average molecular weight is 258 g/mol. The van der Waals surface area contributed by atoms with Gasteiger partial charge in [0.05, 0.1) is 16.6 Å². The van der Waals surface area contributed by atoms with E-state index in [4.69, 9.17) is 10.00 Å². The molecule has 2 rings (SSSR count). The molecule has 0 amide bonds. The van der Waals surface area contributed by atoms with E-state index in [-0.39, 0.29) is 17.2 Å². The molecule has 0 saturated heterocycles. The first kappa shape index (κ1) is 12.5. The normalized spacial score (nSPS) is 9.68. The Kier molecular flexibility index (Phi) is 3.39. The van der Waals surface area contributed by atoms with Crippen molar-refractivity contribution in [1.29, 1.82) is 5.26 Å². The number of ether oxygens (including phenoxy) is 1. The summed E-state index contributed by atoms with van der Waals surface area (Å²) in [5, 5.41) is 19.5. The van der Waals surface area contributed by atoms with Gasteiger partial charge in [0.1, 0.15) is 11.6 Å². The molecule has 2 aromatic carbocycles. The molecule has 0 unspecified atom stereocenters. The fourth-order valence-corrected chi connectivity index (χ4v) is 1.48. The molecule has 94 valence electrons. The van der Waals surface area contributed by atoms with E-state index in [0.29, 0.717) is 5.56 Å². The highest BCUT2D eigenvalue weighted by Crippen LogP contribution is 2.32. The minimum atomic E-state index is -0.664. The quantitative estimate of drug-likeness (QED) is 0.624. The van der Waals surface area contributed by atoms with E-state index >= 15 is 0 Å². The summed E-state index contributed by atoms with van der Waals surface area (Å²) >= 11 is 0. The van der Waals surface area contributed by atoms with Crippen molar-refractivity contribution in [2.75, 3.05) is 0 Å². The number of rotatable bonds is 3. The molecule has 19 heavy (non-hydrogen) atoms. The molecule has 0 aliphatic heterocycles. The number of hydrogen-bond acceptors (Lipinski definition) is 4. The Morgan fingerprint density at radius 2 is 2.05 bits per heavy atom. The van der Waals surface area contributed by atoms with E-state index in [0.717, 1.165) is 18.2 Å². The predicted molar refractivity (Wildman–Crippen MR) is 64.3 cm³/mol. The van der Waals surface area contributed by atoms with E-state index in [1.54, 1.807) is 12.1 Å². The van der Waals surface area contributed by atoms with Gasteiger partial charge in [0.15, 0.2) is 0 Å². The van der Waals surface area contributed by atoms with Crippen molar-refractivity contribution in [1.82, 2.24) is 0 Å². The number of benzene rings is 2. The van der Waals surface area contributed by atoms with E-state index in [9.17, 15) is 14.5 Å². The largest absolute Gasteiger partial charge is 0.450 e. The van der Waals surface area contributed by atoms with Crippen LogP contribution in [0.1, 0.15) is 5.56 Å². The van der Waals surface area contributed by atoms with Gasteiger partial charge in [-0.05, 0) is 24.3 Å². The molecule has 0 saturated carbocycles. The maximum Gasteiger partial charge on any atom is 0.311 e. The Morgan fingerprint density at radius 1 is 1.26 bits per heavy atom. The van der Waals surface area contributed by atoms with Gasteiger partial charge in [0, 0.05) is 12.1 Å². The van der Waals surface area contributed by atoms with Crippen LogP contribution in [0, 0.1) is 27.3 Å². The van der Waals surface area contributed by atoms with Crippen molar-refractivity contribution < 1.29 is 14.1 Å². The smallest absolute Gasteiger partial charge is 0.311 e. The lowest BCUT2D eigenvalue weighted by atomic mass is 10.2. The minimum absolute atomic E-state index is 0.208. The number of nitro groups is 1. The van der Waals surface area contributed by atoms with Gasteiger partial charge in [-0.1, -0.05) is 6.07 Å². The lowest BCUT2D eigenvalue weighted by molar-refractivity contribution is -0.385. The van der Waals surface area contributed by atoms with Crippen LogP contribution in [0.25, 0.3) is 0 Å². The number of halogens is 1. The number of nitriles is 1. The minimum Gasteiger partial charge on any atom is -0.450 e. The molecule has 6 heteroatoms. The summed E-state index contributed by atoms with van der Waals surface area (Å²) in [6.07, 6.45) is 0. The lowest BCUT2D eigenvalue weighted by Crippen LogP contribution is -1.94. The third-order valence-electron chi connectivity index (χ3n) is 2.31. The molecule has 0 bridgehead atoms. The molecule has 0 N–H and O–H groups in total. The van der Waals surface area contributed by atoms with E-state index in [1.807, 2.05) is 6.07 Å². The van der Waals surface area contributed by atoms with Crippen molar-refractivity contribution in [2.24, 2.45) is 0 Å². The van der Waals surface area contributed by atoms with E-state index in [1.165, 1.54) is 12.1 Å². The van der Waals surface area contributed by atoms with Gasteiger partial charge < -0.3 is 4.74 Å². The molecule has 2 aromatic rings. The highest BCUT2D eigenvalue weighted by molar-refractivity contribution is 5.49. The van der Waals surface area contributed by atoms with E-state index < -0.39 is 10.7 Å². The lowest BCUT2D eigenvalue weighted by Gasteiger charge is -2.06. The molecular formula is C13H7FN2O3. The number of nitro benzene ring substituents is 1. The van der Waals surface area contributed by atoms with Crippen LogP contribution in [0.15, 0.2) is 42.5 Å². The fourth-order valence-electron chi connectivity index (χ4n) is 1.48. The SMILES string of the molecule is N#Cc1cccc(Oc2cc(F)ccc2[N+](=O)[O-])c1. The molecule has 0 radical (unpaired) electrons. The number of hydrogen-bond donors (Lipinski definition) is 0. The Bertz CT molecular complexity index is 680. The maximum atomic E-state index is 13.1. The second kappa shape index (κ2) is 5.14. The van der Waals surface area contributed by atoms with Crippen LogP contribution in [0.5, 0.6) is 11.5 Å².